The van der Waals surface area contributed by atoms with Gasteiger partial charge in [0, 0.05) is 38.7 Å². The number of rotatable bonds is 4. The van der Waals surface area contributed by atoms with Crippen molar-refractivity contribution in [2.45, 2.75) is 58.6 Å². The van der Waals surface area contributed by atoms with Crippen LogP contribution in [0, 0.1) is 6.92 Å². The van der Waals surface area contributed by atoms with Crippen molar-refractivity contribution >= 4 is 11.9 Å². The molecule has 0 unspecified atom stereocenters. The molecule has 164 valence electrons. The van der Waals surface area contributed by atoms with Crippen LogP contribution in [0.5, 0.6) is 0 Å². The van der Waals surface area contributed by atoms with Crippen molar-refractivity contribution in [1.29, 1.82) is 0 Å². The van der Waals surface area contributed by atoms with Gasteiger partial charge >= 0.3 is 12.0 Å². The zero-order valence-electron chi connectivity index (χ0n) is 18.2. The number of hydrogen-bond donors (Lipinski definition) is 1. The third-order valence-electron chi connectivity index (χ3n) is 4.67. The normalized spacial score (nSPS) is 17.3. The van der Waals surface area contributed by atoms with Crippen molar-refractivity contribution in [2.75, 3.05) is 18.4 Å². The van der Waals surface area contributed by atoms with E-state index in [0.29, 0.717) is 30.2 Å². The lowest BCUT2D eigenvalue weighted by molar-refractivity contribution is 0.00408. The van der Waals surface area contributed by atoms with Crippen LogP contribution >= 0.6 is 0 Å². The molecule has 1 fully saturated rings. The van der Waals surface area contributed by atoms with Gasteiger partial charge in [0.2, 0.25) is 0 Å². The molecule has 0 aliphatic carbocycles. The Kier molecular flexibility index (Phi) is 5.70. The van der Waals surface area contributed by atoms with Gasteiger partial charge in [-0.15, -0.1) is 0 Å². The molecule has 2 aromatic heterocycles. The summed E-state index contributed by atoms with van der Waals surface area (Å²) in [5, 5.41) is 7.43. The molecule has 30 heavy (non-hydrogen) atoms. The van der Waals surface area contributed by atoms with Gasteiger partial charge in [0.1, 0.15) is 11.4 Å². The third-order valence-corrected chi connectivity index (χ3v) is 4.67. The van der Waals surface area contributed by atoms with Gasteiger partial charge in [-0.25, -0.2) is 19.4 Å². The van der Waals surface area contributed by atoms with Crippen LogP contribution in [0.2, 0.25) is 0 Å². The molecule has 0 aromatic carbocycles. The van der Waals surface area contributed by atoms with E-state index >= 15 is 0 Å². The Morgan fingerprint density at radius 2 is 1.93 bits per heavy atom. The first-order valence-electron chi connectivity index (χ1n) is 9.85. The summed E-state index contributed by atoms with van der Waals surface area (Å²) >= 11 is 0. The minimum absolute atomic E-state index is 0.0497. The lowest BCUT2D eigenvalue weighted by atomic mass is 10.2. The molecule has 0 bridgehead atoms. The van der Waals surface area contributed by atoms with Crippen LogP contribution < -0.4 is 5.32 Å². The molecule has 1 amide bonds. The van der Waals surface area contributed by atoms with E-state index in [4.69, 9.17) is 4.74 Å². The first-order valence-corrected chi connectivity index (χ1v) is 9.85. The Labute approximate surface area is 174 Å². The molecule has 1 atom stereocenters. The highest BCUT2D eigenvalue weighted by Crippen LogP contribution is 2.28. The standard InChI is InChI=1S/C20H28F2N6O2/c1-12-14(16-25-17(20(5,21)22)27(6)26-16)7-8-15(23-12)24-13-9-10-28(11-13)18(29)30-19(2,3)4/h7-8,13H,9-11H2,1-6H3,(H,23,24)/t13-/m0/s1. The minimum atomic E-state index is -3.08. The quantitative estimate of drug-likeness (QED) is 0.808. The predicted molar refractivity (Wildman–Crippen MR) is 108 cm³/mol. The van der Waals surface area contributed by atoms with Crippen molar-refractivity contribution in [1.82, 2.24) is 24.6 Å². The van der Waals surface area contributed by atoms with Crippen LogP contribution in [0.4, 0.5) is 19.4 Å². The summed E-state index contributed by atoms with van der Waals surface area (Å²) in [6.07, 6.45) is 0.453. The highest BCUT2D eigenvalue weighted by Gasteiger charge is 2.32. The molecular formula is C20H28F2N6O2. The number of nitrogens with zero attached hydrogens (tertiary/aromatic N) is 5. The highest BCUT2D eigenvalue weighted by atomic mass is 19.3. The number of aryl methyl sites for hydroxylation is 2. The van der Waals surface area contributed by atoms with Gasteiger partial charge in [-0.1, -0.05) is 0 Å². The summed E-state index contributed by atoms with van der Waals surface area (Å²) in [6.45, 7) is 9.22. The average molecular weight is 422 g/mol. The van der Waals surface area contributed by atoms with Gasteiger partial charge in [-0.05, 0) is 46.2 Å². The lowest BCUT2D eigenvalue weighted by Crippen LogP contribution is -2.36. The van der Waals surface area contributed by atoms with Crippen LogP contribution in [0.1, 0.15) is 45.6 Å². The largest absolute Gasteiger partial charge is 0.444 e. The second kappa shape index (κ2) is 7.81. The van der Waals surface area contributed by atoms with Crippen molar-refractivity contribution < 1.29 is 18.3 Å². The molecule has 1 N–H and O–H groups in total. The smallest absolute Gasteiger partial charge is 0.410 e. The Hall–Kier alpha value is -2.78. The molecule has 1 saturated heterocycles. The fourth-order valence-electron chi connectivity index (χ4n) is 3.34. The summed E-state index contributed by atoms with van der Waals surface area (Å²) in [5.74, 6) is -2.62. The van der Waals surface area contributed by atoms with Gasteiger partial charge < -0.3 is 15.0 Å². The number of anilines is 1. The fourth-order valence-corrected chi connectivity index (χ4v) is 3.34. The molecule has 0 spiro atoms. The summed E-state index contributed by atoms with van der Waals surface area (Å²) < 4.78 is 33.8. The van der Waals surface area contributed by atoms with Crippen molar-refractivity contribution in [2.24, 2.45) is 7.05 Å². The molecule has 2 aromatic rings. The number of likely N-dealkylation sites (tertiary alicyclic amines) is 1. The second-order valence-corrected chi connectivity index (χ2v) is 8.66. The number of hydrogen-bond acceptors (Lipinski definition) is 6. The van der Waals surface area contributed by atoms with E-state index in [1.807, 2.05) is 20.8 Å². The SMILES string of the molecule is Cc1nc(N[C@H]2CCN(C(=O)OC(C)(C)C)C2)ccc1-c1nc(C(C)(F)F)n(C)n1. The molecule has 8 nitrogen and oxygen atoms in total. The first kappa shape index (κ1) is 21.9. The molecule has 1 aliphatic heterocycles. The number of alkyl halides is 2. The first-order chi connectivity index (χ1) is 13.8. The van der Waals surface area contributed by atoms with E-state index < -0.39 is 17.3 Å². The Bertz CT molecular complexity index is 932. The van der Waals surface area contributed by atoms with E-state index in [2.05, 4.69) is 20.4 Å². The van der Waals surface area contributed by atoms with E-state index in [1.165, 1.54) is 7.05 Å². The fraction of sp³-hybridized carbons (Fsp3) is 0.600. The monoisotopic (exact) mass is 422 g/mol. The summed E-state index contributed by atoms with van der Waals surface area (Å²) in [5.41, 5.74) is 0.685. The zero-order chi connectivity index (χ0) is 22.3. The highest BCUT2D eigenvalue weighted by molar-refractivity contribution is 5.68. The summed E-state index contributed by atoms with van der Waals surface area (Å²) in [6, 6.07) is 3.57. The van der Waals surface area contributed by atoms with Crippen LogP contribution in [0.15, 0.2) is 12.1 Å². The number of ether oxygens (including phenoxy) is 1. The summed E-state index contributed by atoms with van der Waals surface area (Å²) in [7, 11) is 1.44. The molecule has 1 aliphatic rings. The number of halogens is 2. The molecular weight excluding hydrogens is 394 g/mol. The minimum Gasteiger partial charge on any atom is -0.444 e. The van der Waals surface area contributed by atoms with Gasteiger partial charge in [-0.2, -0.15) is 13.9 Å². The lowest BCUT2D eigenvalue weighted by Gasteiger charge is -2.24. The van der Waals surface area contributed by atoms with Crippen LogP contribution in [0.3, 0.4) is 0 Å². The van der Waals surface area contributed by atoms with Gasteiger partial charge in [0.25, 0.3) is 0 Å². The van der Waals surface area contributed by atoms with Gasteiger partial charge in [-0.3, -0.25) is 0 Å². The Balaban J connectivity index is 1.68. The topological polar surface area (TPSA) is 85.2 Å². The predicted octanol–water partition coefficient (Wildman–Crippen LogP) is 3.72. The number of carbonyl (C=O) groups excluding carboxylic acids is 1. The van der Waals surface area contributed by atoms with Gasteiger partial charge in [0.05, 0.1) is 5.69 Å². The Morgan fingerprint density at radius 3 is 2.50 bits per heavy atom. The van der Waals surface area contributed by atoms with E-state index in [-0.39, 0.29) is 18.0 Å². The molecule has 3 rings (SSSR count). The maximum absolute atomic E-state index is 13.6. The molecule has 0 radical (unpaired) electrons. The zero-order valence-corrected chi connectivity index (χ0v) is 18.2. The van der Waals surface area contributed by atoms with Crippen molar-refractivity contribution in [3.8, 4) is 11.4 Å². The number of pyridine rings is 1. The van der Waals surface area contributed by atoms with Crippen molar-refractivity contribution in [3.05, 3.63) is 23.7 Å². The van der Waals surface area contributed by atoms with Crippen LogP contribution in [0.25, 0.3) is 11.4 Å². The summed E-state index contributed by atoms with van der Waals surface area (Å²) in [4.78, 5) is 22.4. The van der Waals surface area contributed by atoms with E-state index in [0.717, 1.165) is 18.0 Å². The third kappa shape index (κ3) is 5.03. The number of carbonyl (C=O) groups is 1. The number of amides is 1. The number of aromatic nitrogens is 4. The van der Waals surface area contributed by atoms with Crippen molar-refractivity contribution in [3.63, 3.8) is 0 Å². The molecule has 3 heterocycles. The molecule has 10 heteroatoms. The maximum atomic E-state index is 13.6. The van der Waals surface area contributed by atoms with E-state index in [1.54, 1.807) is 24.0 Å². The molecule has 0 saturated carbocycles. The average Bonchev–Trinajstić information content (AvgIpc) is 3.20. The van der Waals surface area contributed by atoms with E-state index in [9.17, 15) is 13.6 Å². The Morgan fingerprint density at radius 1 is 1.23 bits per heavy atom. The van der Waals surface area contributed by atoms with Gasteiger partial charge in [0.15, 0.2) is 11.6 Å². The van der Waals surface area contributed by atoms with Crippen LogP contribution in [-0.4, -0.2) is 55.5 Å². The number of nitrogens with one attached hydrogen (secondary N) is 1. The second-order valence-electron chi connectivity index (χ2n) is 8.66. The van der Waals surface area contributed by atoms with Crippen LogP contribution in [-0.2, 0) is 17.7 Å². The maximum Gasteiger partial charge on any atom is 0.410 e.